The molecule has 1 saturated heterocycles. The lowest BCUT2D eigenvalue weighted by Gasteiger charge is -2.37. The van der Waals surface area contributed by atoms with Gasteiger partial charge in [-0.25, -0.2) is 4.98 Å². The number of nitrogens with two attached hydrogens (primary N) is 1. The largest absolute Gasteiger partial charge is 0.490 e. The Morgan fingerprint density at radius 3 is 2.94 bits per heavy atom. The van der Waals surface area contributed by atoms with Crippen molar-refractivity contribution in [1.82, 2.24) is 14.8 Å². The first-order valence-electron chi connectivity index (χ1n) is 5.88. The van der Waals surface area contributed by atoms with Crippen LogP contribution in [-0.2, 0) is 0 Å². The summed E-state index contributed by atoms with van der Waals surface area (Å²) < 4.78 is 5.73. The predicted molar refractivity (Wildman–Crippen MR) is 68.1 cm³/mol. The van der Waals surface area contributed by atoms with Crippen molar-refractivity contribution in [3.05, 3.63) is 18.3 Å². The first-order chi connectivity index (χ1) is 8.15. The van der Waals surface area contributed by atoms with Crippen LogP contribution < -0.4 is 10.5 Å². The summed E-state index contributed by atoms with van der Waals surface area (Å²) in [7, 11) is 4.28. The van der Waals surface area contributed by atoms with E-state index in [0.717, 1.165) is 25.4 Å². The Labute approximate surface area is 102 Å². The highest BCUT2D eigenvalue weighted by atomic mass is 16.5. The van der Waals surface area contributed by atoms with Crippen LogP contribution in [0, 0.1) is 0 Å². The number of anilines is 1. The van der Waals surface area contributed by atoms with Crippen LogP contribution in [0.1, 0.15) is 0 Å². The van der Waals surface area contributed by atoms with E-state index in [1.807, 2.05) is 6.07 Å². The second-order valence-electron chi connectivity index (χ2n) is 4.63. The molecule has 1 atom stereocenters. The Balaban J connectivity index is 1.86. The summed E-state index contributed by atoms with van der Waals surface area (Å²) in [6.07, 6.45) is 1.67. The highest BCUT2D eigenvalue weighted by Gasteiger charge is 2.22. The molecule has 17 heavy (non-hydrogen) atoms. The van der Waals surface area contributed by atoms with E-state index in [9.17, 15) is 0 Å². The lowest BCUT2D eigenvalue weighted by Crippen LogP contribution is -2.52. The van der Waals surface area contributed by atoms with E-state index in [0.29, 0.717) is 18.5 Å². The van der Waals surface area contributed by atoms with E-state index in [4.69, 9.17) is 10.5 Å². The number of ether oxygens (including phenoxy) is 1. The Bertz CT molecular complexity index is 354. The maximum atomic E-state index is 5.73. The molecule has 2 N–H and O–H groups in total. The number of likely N-dealkylation sites (N-methyl/N-ethyl adjacent to an activating group) is 2. The van der Waals surface area contributed by atoms with Gasteiger partial charge >= 0.3 is 0 Å². The van der Waals surface area contributed by atoms with Gasteiger partial charge in [0.2, 0.25) is 0 Å². The number of aromatic nitrogens is 1. The Kier molecular flexibility index (Phi) is 3.81. The average Bonchev–Trinajstić information content (AvgIpc) is 2.32. The molecule has 1 aliphatic rings. The third-order valence-electron chi connectivity index (χ3n) is 3.18. The Morgan fingerprint density at radius 2 is 2.24 bits per heavy atom. The van der Waals surface area contributed by atoms with Crippen LogP contribution in [0.5, 0.6) is 5.75 Å². The van der Waals surface area contributed by atoms with Gasteiger partial charge in [-0.05, 0) is 26.2 Å². The summed E-state index contributed by atoms with van der Waals surface area (Å²) >= 11 is 0. The van der Waals surface area contributed by atoms with Crippen molar-refractivity contribution >= 4 is 5.82 Å². The highest BCUT2D eigenvalue weighted by molar-refractivity contribution is 5.32. The van der Waals surface area contributed by atoms with E-state index in [1.165, 1.54) is 0 Å². The van der Waals surface area contributed by atoms with E-state index >= 15 is 0 Å². The van der Waals surface area contributed by atoms with Crippen molar-refractivity contribution < 1.29 is 4.74 Å². The Hall–Kier alpha value is -1.33. The number of rotatable bonds is 3. The fourth-order valence-electron chi connectivity index (χ4n) is 1.95. The van der Waals surface area contributed by atoms with Crippen LogP contribution in [0.25, 0.3) is 0 Å². The lowest BCUT2D eigenvalue weighted by molar-refractivity contribution is 0.0780. The number of piperazine rings is 1. The summed E-state index contributed by atoms with van der Waals surface area (Å²) in [5.74, 6) is 1.30. The summed E-state index contributed by atoms with van der Waals surface area (Å²) in [5.41, 5.74) is 5.52. The topological polar surface area (TPSA) is 54.6 Å². The van der Waals surface area contributed by atoms with Gasteiger partial charge in [-0.3, -0.25) is 4.90 Å². The molecule has 1 fully saturated rings. The summed E-state index contributed by atoms with van der Waals surface area (Å²) in [6.45, 7) is 3.94. The fraction of sp³-hybridized carbons (Fsp3) is 0.583. The predicted octanol–water partition coefficient (Wildman–Crippen LogP) is 0.288. The third kappa shape index (κ3) is 3.31. The summed E-state index contributed by atoms with van der Waals surface area (Å²) in [4.78, 5) is 8.67. The molecule has 5 heteroatoms. The molecular formula is C12H20N4O. The smallest absolute Gasteiger partial charge is 0.137 e. The van der Waals surface area contributed by atoms with E-state index in [-0.39, 0.29) is 0 Å². The first kappa shape index (κ1) is 12.1. The number of nitrogen functional groups attached to an aromatic ring is 1. The van der Waals surface area contributed by atoms with Gasteiger partial charge in [0.15, 0.2) is 0 Å². The van der Waals surface area contributed by atoms with Gasteiger partial charge in [-0.15, -0.1) is 0 Å². The van der Waals surface area contributed by atoms with Gasteiger partial charge in [-0.1, -0.05) is 0 Å². The van der Waals surface area contributed by atoms with Gasteiger partial charge < -0.3 is 15.4 Å². The zero-order valence-electron chi connectivity index (χ0n) is 10.5. The Morgan fingerprint density at radius 1 is 1.41 bits per heavy atom. The van der Waals surface area contributed by atoms with Crippen LogP contribution in [0.15, 0.2) is 18.3 Å². The zero-order chi connectivity index (χ0) is 12.3. The van der Waals surface area contributed by atoms with E-state index < -0.39 is 0 Å². The molecule has 1 aromatic heterocycles. The molecule has 1 aromatic rings. The second kappa shape index (κ2) is 5.33. The maximum absolute atomic E-state index is 5.73. The number of hydrogen-bond acceptors (Lipinski definition) is 5. The van der Waals surface area contributed by atoms with Crippen LogP contribution in [0.3, 0.4) is 0 Å². The number of pyridine rings is 1. The quantitative estimate of drug-likeness (QED) is 0.817. The van der Waals surface area contributed by atoms with Crippen LogP contribution in [0.4, 0.5) is 5.82 Å². The second-order valence-corrected chi connectivity index (χ2v) is 4.63. The fourth-order valence-corrected chi connectivity index (χ4v) is 1.95. The van der Waals surface area contributed by atoms with Crippen molar-refractivity contribution in [2.75, 3.05) is 46.1 Å². The molecule has 0 radical (unpaired) electrons. The molecule has 2 heterocycles. The standard InChI is InChI=1S/C12H20N4O/c1-15-5-6-16(2)10(8-15)9-17-11-3-4-12(13)14-7-11/h3-4,7,10H,5-6,8-9H2,1-2H3,(H2,13,14). The molecule has 1 aliphatic heterocycles. The minimum atomic E-state index is 0.436. The minimum Gasteiger partial charge on any atom is -0.490 e. The van der Waals surface area contributed by atoms with Gasteiger partial charge in [0.25, 0.3) is 0 Å². The van der Waals surface area contributed by atoms with Gasteiger partial charge in [0.1, 0.15) is 18.2 Å². The lowest BCUT2D eigenvalue weighted by atomic mass is 10.2. The molecule has 1 unspecified atom stereocenters. The number of nitrogens with zero attached hydrogens (tertiary/aromatic N) is 3. The molecule has 0 aliphatic carbocycles. The highest BCUT2D eigenvalue weighted by Crippen LogP contribution is 2.12. The van der Waals surface area contributed by atoms with Crippen molar-refractivity contribution in [3.63, 3.8) is 0 Å². The molecule has 0 saturated carbocycles. The molecule has 0 bridgehead atoms. The monoisotopic (exact) mass is 236 g/mol. The van der Waals surface area contributed by atoms with Crippen molar-refractivity contribution in [2.45, 2.75) is 6.04 Å². The SMILES string of the molecule is CN1CCN(C)C(COc2ccc(N)nc2)C1. The third-order valence-corrected chi connectivity index (χ3v) is 3.18. The molecule has 0 spiro atoms. The van der Waals surface area contributed by atoms with Crippen LogP contribution in [0.2, 0.25) is 0 Å². The normalized spacial score (nSPS) is 22.6. The van der Waals surface area contributed by atoms with Gasteiger partial charge in [0.05, 0.1) is 12.2 Å². The molecule has 94 valence electrons. The maximum Gasteiger partial charge on any atom is 0.137 e. The van der Waals surface area contributed by atoms with Crippen LogP contribution in [-0.4, -0.2) is 61.2 Å². The van der Waals surface area contributed by atoms with Gasteiger partial charge in [-0.2, -0.15) is 0 Å². The van der Waals surface area contributed by atoms with Crippen molar-refractivity contribution in [1.29, 1.82) is 0 Å². The molecule has 5 nitrogen and oxygen atoms in total. The minimum absolute atomic E-state index is 0.436. The van der Waals surface area contributed by atoms with Crippen molar-refractivity contribution in [2.24, 2.45) is 0 Å². The molecule has 0 aromatic carbocycles. The van der Waals surface area contributed by atoms with Crippen LogP contribution >= 0.6 is 0 Å². The summed E-state index contributed by atoms with van der Waals surface area (Å²) in [5, 5.41) is 0. The average molecular weight is 236 g/mol. The zero-order valence-corrected chi connectivity index (χ0v) is 10.5. The molecular weight excluding hydrogens is 216 g/mol. The van der Waals surface area contributed by atoms with Gasteiger partial charge in [0, 0.05) is 19.6 Å². The van der Waals surface area contributed by atoms with E-state index in [1.54, 1.807) is 12.3 Å². The summed E-state index contributed by atoms with van der Waals surface area (Å²) in [6, 6.07) is 4.05. The first-order valence-corrected chi connectivity index (χ1v) is 5.88. The molecule has 0 amide bonds. The molecule has 2 rings (SSSR count). The number of hydrogen-bond donors (Lipinski definition) is 1. The van der Waals surface area contributed by atoms with Crippen molar-refractivity contribution in [3.8, 4) is 5.75 Å². The van der Waals surface area contributed by atoms with E-state index in [2.05, 4.69) is 28.9 Å².